The van der Waals surface area contributed by atoms with Crippen LogP contribution in [-0.2, 0) is 0 Å². The lowest BCUT2D eigenvalue weighted by Gasteiger charge is -2.16. The predicted octanol–water partition coefficient (Wildman–Crippen LogP) is 2.59. The van der Waals surface area contributed by atoms with E-state index < -0.39 is 0 Å². The van der Waals surface area contributed by atoms with Gasteiger partial charge in [-0.25, -0.2) is 0 Å². The Morgan fingerprint density at radius 3 is 1.50 bits per heavy atom. The molecule has 0 spiro atoms. The molecule has 0 bridgehead atoms. The molecule has 0 fully saturated rings. The lowest BCUT2D eigenvalue weighted by molar-refractivity contribution is 0.449. The maximum Gasteiger partial charge on any atom is 0.00385 e. The van der Waals surface area contributed by atoms with Crippen molar-refractivity contribution in [3.63, 3.8) is 0 Å². The highest BCUT2D eigenvalue weighted by atomic mass is 35.5. The van der Waals surface area contributed by atoms with E-state index in [1.807, 2.05) is 0 Å². The van der Waals surface area contributed by atoms with Gasteiger partial charge < -0.3 is 5.32 Å². The molecule has 0 saturated heterocycles. The van der Waals surface area contributed by atoms with E-state index in [0.29, 0.717) is 12.1 Å². The number of halogens is 1. The Labute approximate surface area is 71.0 Å². The van der Waals surface area contributed by atoms with Crippen LogP contribution in [0.3, 0.4) is 0 Å². The van der Waals surface area contributed by atoms with Gasteiger partial charge in [0, 0.05) is 12.1 Å². The number of rotatable bonds is 4. The quantitative estimate of drug-likeness (QED) is 0.676. The number of nitrogens with one attached hydrogen (secondary N) is 1. The van der Waals surface area contributed by atoms with Gasteiger partial charge in [0.2, 0.25) is 0 Å². The molecule has 2 heteroatoms. The third-order valence-electron chi connectivity index (χ3n) is 1.79. The van der Waals surface area contributed by atoms with E-state index in [9.17, 15) is 0 Å². The van der Waals surface area contributed by atoms with Gasteiger partial charge in [0.25, 0.3) is 0 Å². The molecule has 0 saturated carbocycles. The molecular weight excluding hydrogens is 146 g/mol. The number of hydrogen-bond acceptors (Lipinski definition) is 1. The molecule has 0 aliphatic heterocycles. The summed E-state index contributed by atoms with van der Waals surface area (Å²) in [4.78, 5) is 0. The van der Waals surface area contributed by atoms with Crippen LogP contribution < -0.4 is 5.32 Å². The van der Waals surface area contributed by atoms with Gasteiger partial charge in [0.05, 0.1) is 0 Å². The predicted molar refractivity (Wildman–Crippen MR) is 49.9 cm³/mol. The zero-order valence-electron chi connectivity index (χ0n) is 7.48. The number of hydrogen-bond donors (Lipinski definition) is 1. The fraction of sp³-hybridized carbons (Fsp3) is 1.00. The Morgan fingerprint density at radius 1 is 1.00 bits per heavy atom. The summed E-state index contributed by atoms with van der Waals surface area (Å²) in [6.07, 6.45) is 2.45. The maximum atomic E-state index is 3.48. The maximum absolute atomic E-state index is 3.48. The molecule has 2 atom stereocenters. The first-order chi connectivity index (χ1) is 4.20. The van der Waals surface area contributed by atoms with Gasteiger partial charge >= 0.3 is 0 Å². The van der Waals surface area contributed by atoms with Crippen LogP contribution in [-0.4, -0.2) is 12.1 Å². The smallest absolute Gasteiger partial charge is 0.00385 e. The summed E-state index contributed by atoms with van der Waals surface area (Å²) in [5.41, 5.74) is 0. The van der Waals surface area contributed by atoms with E-state index in [2.05, 4.69) is 33.0 Å². The summed E-state index contributed by atoms with van der Waals surface area (Å²) in [5.74, 6) is 0. The molecule has 0 rings (SSSR count). The first kappa shape index (κ1) is 12.9. The van der Waals surface area contributed by atoms with E-state index in [0.717, 1.165) is 0 Å². The van der Waals surface area contributed by atoms with Gasteiger partial charge in [-0.3, -0.25) is 0 Å². The monoisotopic (exact) mass is 165 g/mol. The van der Waals surface area contributed by atoms with Crippen molar-refractivity contribution in [2.75, 3.05) is 0 Å². The van der Waals surface area contributed by atoms with Gasteiger partial charge in [0.15, 0.2) is 0 Å². The molecule has 1 N–H and O–H groups in total. The van der Waals surface area contributed by atoms with Crippen LogP contribution in [0.2, 0.25) is 0 Å². The molecule has 2 unspecified atom stereocenters. The van der Waals surface area contributed by atoms with E-state index >= 15 is 0 Å². The molecule has 0 heterocycles. The highest BCUT2D eigenvalue weighted by molar-refractivity contribution is 5.85. The minimum Gasteiger partial charge on any atom is -0.312 e. The van der Waals surface area contributed by atoms with Crippen LogP contribution in [0.15, 0.2) is 0 Å². The Balaban J connectivity index is 0. The fourth-order valence-corrected chi connectivity index (χ4v) is 0.721. The van der Waals surface area contributed by atoms with E-state index in [1.54, 1.807) is 0 Å². The van der Waals surface area contributed by atoms with Crippen molar-refractivity contribution in [2.24, 2.45) is 0 Å². The summed E-state index contributed by atoms with van der Waals surface area (Å²) in [6, 6.07) is 1.36. The lowest BCUT2D eigenvalue weighted by Crippen LogP contribution is -2.33. The molecule has 0 amide bonds. The van der Waals surface area contributed by atoms with E-state index in [1.165, 1.54) is 12.8 Å². The van der Waals surface area contributed by atoms with Crippen molar-refractivity contribution < 1.29 is 0 Å². The molecule has 1 nitrogen and oxygen atoms in total. The van der Waals surface area contributed by atoms with Gasteiger partial charge in [-0.1, -0.05) is 13.8 Å². The van der Waals surface area contributed by atoms with Gasteiger partial charge in [-0.2, -0.15) is 0 Å². The second-order valence-corrected chi connectivity index (χ2v) is 2.79. The SMILES string of the molecule is CCC(C)NC(C)CC.Cl. The van der Waals surface area contributed by atoms with Crippen LogP contribution in [0.5, 0.6) is 0 Å². The van der Waals surface area contributed by atoms with Crippen molar-refractivity contribution >= 4 is 12.4 Å². The third-order valence-corrected chi connectivity index (χ3v) is 1.79. The highest BCUT2D eigenvalue weighted by Crippen LogP contribution is 1.93. The molecule has 10 heavy (non-hydrogen) atoms. The first-order valence-electron chi connectivity index (χ1n) is 3.96. The largest absolute Gasteiger partial charge is 0.312 e. The molecule has 64 valence electrons. The zero-order chi connectivity index (χ0) is 7.28. The lowest BCUT2D eigenvalue weighted by atomic mass is 10.2. The van der Waals surface area contributed by atoms with Crippen molar-refractivity contribution in [1.29, 1.82) is 0 Å². The molecule has 0 aliphatic carbocycles. The second kappa shape index (κ2) is 7.36. The molecule has 0 radical (unpaired) electrons. The van der Waals surface area contributed by atoms with Crippen molar-refractivity contribution in [1.82, 2.24) is 5.32 Å². The Bertz CT molecular complexity index is 58.3. The van der Waals surface area contributed by atoms with Crippen molar-refractivity contribution in [2.45, 2.75) is 52.6 Å². The molecule has 0 aromatic carbocycles. The first-order valence-corrected chi connectivity index (χ1v) is 3.96. The molecule has 0 aliphatic rings. The van der Waals surface area contributed by atoms with Crippen molar-refractivity contribution in [3.05, 3.63) is 0 Å². The van der Waals surface area contributed by atoms with Crippen LogP contribution in [0.1, 0.15) is 40.5 Å². The molecular formula is C8H20ClN. The standard InChI is InChI=1S/C8H19N.ClH/c1-5-7(3)9-8(4)6-2;/h7-9H,5-6H2,1-4H3;1H. The average Bonchev–Trinajstić information content (AvgIpc) is 1.87. The third kappa shape index (κ3) is 6.37. The minimum atomic E-state index is 0. The van der Waals surface area contributed by atoms with Crippen LogP contribution in [0.4, 0.5) is 0 Å². The summed E-state index contributed by atoms with van der Waals surface area (Å²) in [6.45, 7) is 8.87. The molecule has 0 aromatic rings. The van der Waals surface area contributed by atoms with Gasteiger partial charge in [-0.05, 0) is 26.7 Å². The topological polar surface area (TPSA) is 12.0 Å². The average molecular weight is 166 g/mol. The van der Waals surface area contributed by atoms with Crippen molar-refractivity contribution in [3.8, 4) is 0 Å². The van der Waals surface area contributed by atoms with Crippen LogP contribution in [0, 0.1) is 0 Å². The summed E-state index contributed by atoms with van der Waals surface area (Å²) in [5, 5.41) is 3.48. The Hall–Kier alpha value is 0.250. The molecule has 0 aromatic heterocycles. The highest BCUT2D eigenvalue weighted by Gasteiger charge is 2.00. The van der Waals surface area contributed by atoms with Gasteiger partial charge in [-0.15, -0.1) is 12.4 Å². The summed E-state index contributed by atoms with van der Waals surface area (Å²) < 4.78 is 0. The van der Waals surface area contributed by atoms with Crippen LogP contribution in [0.25, 0.3) is 0 Å². The van der Waals surface area contributed by atoms with Gasteiger partial charge in [0.1, 0.15) is 0 Å². The van der Waals surface area contributed by atoms with E-state index in [4.69, 9.17) is 0 Å². The minimum absolute atomic E-state index is 0. The fourth-order valence-electron chi connectivity index (χ4n) is 0.721. The Kier molecular flexibility index (Phi) is 9.48. The zero-order valence-corrected chi connectivity index (χ0v) is 8.29. The second-order valence-electron chi connectivity index (χ2n) is 2.79. The summed E-state index contributed by atoms with van der Waals surface area (Å²) in [7, 11) is 0. The van der Waals surface area contributed by atoms with E-state index in [-0.39, 0.29) is 12.4 Å². The normalized spacial score (nSPS) is 15.6. The Morgan fingerprint density at radius 2 is 1.30 bits per heavy atom. The van der Waals surface area contributed by atoms with Crippen LogP contribution >= 0.6 is 12.4 Å². The summed E-state index contributed by atoms with van der Waals surface area (Å²) >= 11 is 0.